The summed E-state index contributed by atoms with van der Waals surface area (Å²) in [6.45, 7) is 3.27. The molecule has 7 heteroatoms. The zero-order chi connectivity index (χ0) is 24.3. The second-order valence-electron chi connectivity index (χ2n) is 9.18. The number of rotatable bonds is 6. The van der Waals surface area contributed by atoms with Crippen LogP contribution < -0.4 is 5.32 Å². The van der Waals surface area contributed by atoms with E-state index in [-0.39, 0.29) is 29.4 Å². The van der Waals surface area contributed by atoms with Crippen molar-refractivity contribution >= 4 is 29.2 Å². The standard InChI is InChI=1S/C28H29N3O3S/c1-20(32)30-26-23-6-2-3-7-24(23)28(27(26)34-19-21-10-14-29-15-11-21)12-16-31(17-13-28)25(33)9-8-22-5-4-18-35-22/h2-11,14-15,18,26-27H,12-13,16-17,19H2,1H3,(H,30,32)/t26-,27+/m1/s1. The number of piperidine rings is 1. The van der Waals surface area contributed by atoms with Crippen molar-refractivity contribution in [3.63, 3.8) is 0 Å². The summed E-state index contributed by atoms with van der Waals surface area (Å²) in [5.74, 6) is -0.0436. The second-order valence-corrected chi connectivity index (χ2v) is 10.2. The van der Waals surface area contributed by atoms with Crippen LogP contribution in [0.15, 0.2) is 72.4 Å². The number of nitrogens with one attached hydrogen (secondary N) is 1. The van der Waals surface area contributed by atoms with E-state index < -0.39 is 0 Å². The lowest BCUT2D eigenvalue weighted by Gasteiger charge is -2.44. The van der Waals surface area contributed by atoms with Gasteiger partial charge in [-0.15, -0.1) is 11.3 Å². The van der Waals surface area contributed by atoms with E-state index in [2.05, 4.69) is 28.5 Å². The summed E-state index contributed by atoms with van der Waals surface area (Å²) in [5, 5.41) is 5.16. The Labute approximate surface area is 209 Å². The number of ether oxygens (including phenoxy) is 1. The quantitative estimate of drug-likeness (QED) is 0.520. The highest BCUT2D eigenvalue weighted by atomic mass is 32.1. The molecule has 35 heavy (non-hydrogen) atoms. The molecule has 0 unspecified atom stereocenters. The second kappa shape index (κ2) is 10.1. The van der Waals surface area contributed by atoms with E-state index in [1.807, 2.05) is 46.7 Å². The number of hydrogen-bond donors (Lipinski definition) is 1. The highest BCUT2D eigenvalue weighted by Crippen LogP contribution is 2.52. The number of carbonyl (C=O) groups is 2. The zero-order valence-corrected chi connectivity index (χ0v) is 20.5. The molecule has 3 aromatic rings. The minimum atomic E-state index is -0.273. The first-order valence-electron chi connectivity index (χ1n) is 11.9. The first-order valence-corrected chi connectivity index (χ1v) is 12.8. The molecule has 2 aromatic heterocycles. The maximum Gasteiger partial charge on any atom is 0.246 e. The highest BCUT2D eigenvalue weighted by molar-refractivity contribution is 7.10. The molecule has 1 aromatic carbocycles. The van der Waals surface area contributed by atoms with Crippen LogP contribution in [-0.4, -0.2) is 40.9 Å². The first kappa shape index (κ1) is 23.5. The van der Waals surface area contributed by atoms with Gasteiger partial charge < -0.3 is 15.0 Å². The monoisotopic (exact) mass is 487 g/mol. The maximum absolute atomic E-state index is 12.9. The van der Waals surface area contributed by atoms with Crippen molar-refractivity contribution in [2.75, 3.05) is 13.1 Å². The van der Waals surface area contributed by atoms with Gasteiger partial charge in [0.05, 0.1) is 18.8 Å². The predicted molar refractivity (Wildman–Crippen MR) is 137 cm³/mol. The first-order chi connectivity index (χ1) is 17.1. The smallest absolute Gasteiger partial charge is 0.246 e. The third-order valence-electron chi connectivity index (χ3n) is 7.12. The van der Waals surface area contributed by atoms with Gasteiger partial charge in [0.1, 0.15) is 0 Å². The molecule has 6 nitrogen and oxygen atoms in total. The largest absolute Gasteiger partial charge is 0.370 e. The minimum Gasteiger partial charge on any atom is -0.370 e. The number of pyridine rings is 1. The zero-order valence-electron chi connectivity index (χ0n) is 19.7. The third-order valence-corrected chi connectivity index (χ3v) is 7.96. The Hall–Kier alpha value is -3.29. The average molecular weight is 488 g/mol. The SMILES string of the molecule is CC(=O)N[C@@H]1c2ccccc2C2(CCN(C(=O)C=Cc3cccs3)CC2)[C@H]1OCc1ccncc1. The van der Waals surface area contributed by atoms with Crippen molar-refractivity contribution in [3.8, 4) is 0 Å². The molecule has 180 valence electrons. The molecule has 1 N–H and O–H groups in total. The topological polar surface area (TPSA) is 71.5 Å². The molecule has 1 aliphatic carbocycles. The molecule has 0 radical (unpaired) electrons. The van der Waals surface area contributed by atoms with Gasteiger partial charge in [-0.25, -0.2) is 0 Å². The van der Waals surface area contributed by atoms with Crippen LogP contribution in [0.25, 0.3) is 6.08 Å². The lowest BCUT2D eigenvalue weighted by molar-refractivity contribution is -0.129. The fraction of sp³-hybridized carbons (Fsp3) is 0.321. The molecule has 2 amide bonds. The number of hydrogen-bond acceptors (Lipinski definition) is 5. The highest BCUT2D eigenvalue weighted by Gasteiger charge is 2.54. The van der Waals surface area contributed by atoms with Crippen LogP contribution in [-0.2, 0) is 26.3 Å². The fourth-order valence-electron chi connectivity index (χ4n) is 5.48. The van der Waals surface area contributed by atoms with Crippen molar-refractivity contribution in [3.05, 3.63) is 93.9 Å². The lowest BCUT2D eigenvalue weighted by atomic mass is 9.71. The Kier molecular flexibility index (Phi) is 6.79. The number of nitrogens with zero attached hydrogens (tertiary/aromatic N) is 2. The molecule has 0 saturated carbocycles. The minimum absolute atomic E-state index is 0.0344. The van der Waals surface area contributed by atoms with Crippen molar-refractivity contribution in [2.45, 2.75) is 43.9 Å². The number of likely N-dealkylation sites (tertiary alicyclic amines) is 1. The predicted octanol–water partition coefficient (Wildman–Crippen LogP) is 4.49. The Bertz CT molecular complexity index is 1200. The molecule has 0 bridgehead atoms. The molecule has 1 saturated heterocycles. The van der Waals surface area contributed by atoms with Crippen LogP contribution in [0.2, 0.25) is 0 Å². The van der Waals surface area contributed by atoms with Crippen molar-refractivity contribution in [1.29, 1.82) is 0 Å². The van der Waals surface area contributed by atoms with Crippen molar-refractivity contribution < 1.29 is 14.3 Å². The van der Waals surface area contributed by atoms with Crippen LogP contribution in [0.3, 0.4) is 0 Å². The van der Waals surface area contributed by atoms with Crippen LogP contribution in [0.1, 0.15) is 47.4 Å². The van der Waals surface area contributed by atoms with Crippen LogP contribution in [0.5, 0.6) is 0 Å². The van der Waals surface area contributed by atoms with Gasteiger partial charge in [-0.2, -0.15) is 0 Å². The number of amides is 2. The van der Waals surface area contributed by atoms with Crippen LogP contribution in [0.4, 0.5) is 0 Å². The van der Waals surface area contributed by atoms with Gasteiger partial charge in [-0.3, -0.25) is 14.6 Å². The van der Waals surface area contributed by atoms with Gasteiger partial charge in [0.15, 0.2) is 0 Å². The van der Waals surface area contributed by atoms with Gasteiger partial charge in [0.2, 0.25) is 11.8 Å². The van der Waals surface area contributed by atoms with Crippen LogP contribution >= 0.6 is 11.3 Å². The van der Waals surface area contributed by atoms with Crippen molar-refractivity contribution in [2.24, 2.45) is 0 Å². The Morgan fingerprint density at radius 3 is 2.63 bits per heavy atom. The van der Waals surface area contributed by atoms with E-state index in [9.17, 15) is 9.59 Å². The average Bonchev–Trinajstić information content (AvgIpc) is 3.48. The number of fused-ring (bicyclic) bond motifs is 2. The maximum atomic E-state index is 12.9. The van der Waals surface area contributed by atoms with Gasteiger partial charge >= 0.3 is 0 Å². The normalized spacial score (nSPS) is 20.8. The summed E-state index contributed by atoms with van der Waals surface area (Å²) < 4.78 is 6.61. The Morgan fingerprint density at radius 2 is 1.91 bits per heavy atom. The molecule has 1 aliphatic heterocycles. The molecule has 1 fully saturated rings. The van der Waals surface area contributed by atoms with E-state index in [0.717, 1.165) is 28.8 Å². The summed E-state index contributed by atoms with van der Waals surface area (Å²) in [5.41, 5.74) is 3.10. The third kappa shape index (κ3) is 4.79. The summed E-state index contributed by atoms with van der Waals surface area (Å²) in [6, 6.07) is 16.0. The van der Waals surface area contributed by atoms with Gasteiger partial charge in [-0.1, -0.05) is 30.3 Å². The van der Waals surface area contributed by atoms with Gasteiger partial charge in [0.25, 0.3) is 0 Å². The lowest BCUT2D eigenvalue weighted by Crippen LogP contribution is -2.51. The van der Waals surface area contributed by atoms with Gasteiger partial charge in [-0.05, 0) is 59.2 Å². The summed E-state index contributed by atoms with van der Waals surface area (Å²) in [4.78, 5) is 32.2. The van der Waals surface area contributed by atoms with E-state index >= 15 is 0 Å². The molecule has 2 aliphatic rings. The van der Waals surface area contributed by atoms with Crippen molar-refractivity contribution in [1.82, 2.24) is 15.2 Å². The number of aromatic nitrogens is 1. The molecule has 5 rings (SSSR count). The molecular weight excluding hydrogens is 458 g/mol. The van der Waals surface area contributed by atoms with E-state index in [0.29, 0.717) is 19.7 Å². The number of carbonyl (C=O) groups excluding carboxylic acids is 2. The summed E-state index contributed by atoms with van der Waals surface area (Å²) in [6.07, 6.45) is 8.41. The molecule has 2 atom stereocenters. The molecular formula is C28H29N3O3S. The number of thiophene rings is 1. The van der Waals surface area contributed by atoms with Gasteiger partial charge in [0, 0.05) is 48.8 Å². The molecule has 3 heterocycles. The van der Waals surface area contributed by atoms with E-state index in [1.165, 1.54) is 5.56 Å². The van der Waals surface area contributed by atoms with E-state index in [4.69, 9.17) is 4.74 Å². The summed E-state index contributed by atoms with van der Waals surface area (Å²) in [7, 11) is 0. The Balaban J connectivity index is 1.39. The van der Waals surface area contributed by atoms with Crippen LogP contribution in [0, 0.1) is 0 Å². The Morgan fingerprint density at radius 1 is 1.14 bits per heavy atom. The summed E-state index contributed by atoms with van der Waals surface area (Å²) >= 11 is 1.62. The molecule has 1 spiro atoms. The van der Waals surface area contributed by atoms with E-state index in [1.54, 1.807) is 36.7 Å². The fourth-order valence-corrected chi connectivity index (χ4v) is 6.09. The number of benzene rings is 1.